The summed E-state index contributed by atoms with van der Waals surface area (Å²) in [6, 6.07) is 12.7. The van der Waals surface area contributed by atoms with Gasteiger partial charge in [0.05, 0.1) is 30.4 Å². The van der Waals surface area contributed by atoms with Gasteiger partial charge < -0.3 is 44.9 Å². The monoisotopic (exact) mass is 664 g/mol. The van der Waals surface area contributed by atoms with E-state index in [9.17, 15) is 19.5 Å². The molecular weight excluding hydrogens is 616 g/mol. The molecule has 0 aliphatic carbocycles. The summed E-state index contributed by atoms with van der Waals surface area (Å²) in [4.78, 5) is 43.4. The van der Waals surface area contributed by atoms with Gasteiger partial charge in [-0.2, -0.15) is 0 Å². The number of nitrogens with one attached hydrogen (secondary N) is 3. The minimum atomic E-state index is -0.544. The Kier molecular flexibility index (Phi) is 12.8. The molecule has 48 heavy (non-hydrogen) atoms. The number of hydrogen-bond donors (Lipinski definition) is 4. The van der Waals surface area contributed by atoms with Crippen LogP contribution < -0.4 is 20.7 Å². The van der Waals surface area contributed by atoms with E-state index >= 15 is 0 Å². The van der Waals surface area contributed by atoms with E-state index in [4.69, 9.17) is 14.0 Å². The molecule has 0 radical (unpaired) electrons. The van der Waals surface area contributed by atoms with Crippen molar-refractivity contribution in [2.24, 2.45) is 5.92 Å². The molecule has 4 atom stereocenters. The molecule has 2 aromatic carbocycles. The second kappa shape index (κ2) is 17.0. The number of aliphatic hydroxyl groups is 1. The zero-order valence-corrected chi connectivity index (χ0v) is 28.6. The molecule has 5 amide bonds. The minimum Gasteiger partial charge on any atom is -0.490 e. The van der Waals surface area contributed by atoms with Gasteiger partial charge in [-0.1, -0.05) is 30.3 Å². The van der Waals surface area contributed by atoms with Crippen LogP contribution in [0.2, 0.25) is 0 Å². The number of hydrogen-bond acceptors (Lipinski definition) is 8. The SMILES string of the molecule is Cc1noc(C)c1NC(=O)N(C)C[C@@H]1OCCCC[C@H](C)Oc2ccc(NC(=O)Nc3ccccc3)cc2C(=O)N([C@@H](C)CO)C[C@H]1C. The van der Waals surface area contributed by atoms with Crippen molar-refractivity contribution < 1.29 is 33.5 Å². The maximum absolute atomic E-state index is 14.3. The van der Waals surface area contributed by atoms with Crippen LogP contribution >= 0.6 is 0 Å². The van der Waals surface area contributed by atoms with Crippen LogP contribution in [-0.4, -0.2) is 89.6 Å². The van der Waals surface area contributed by atoms with Crippen molar-refractivity contribution in [3.63, 3.8) is 0 Å². The first-order valence-electron chi connectivity index (χ1n) is 16.4. The van der Waals surface area contributed by atoms with E-state index in [1.807, 2.05) is 32.0 Å². The molecule has 260 valence electrons. The van der Waals surface area contributed by atoms with Gasteiger partial charge in [0.25, 0.3) is 5.91 Å². The zero-order chi connectivity index (χ0) is 34.8. The normalized spacial score (nSPS) is 19.7. The van der Waals surface area contributed by atoms with Crippen LogP contribution in [0.15, 0.2) is 53.1 Å². The van der Waals surface area contributed by atoms with Crippen LogP contribution in [-0.2, 0) is 4.74 Å². The first-order chi connectivity index (χ1) is 23.0. The van der Waals surface area contributed by atoms with Crippen molar-refractivity contribution in [3.05, 3.63) is 65.5 Å². The molecule has 0 saturated carbocycles. The maximum atomic E-state index is 14.3. The summed E-state index contributed by atoms with van der Waals surface area (Å²) in [6.07, 6.45) is 1.73. The van der Waals surface area contributed by atoms with Gasteiger partial charge >= 0.3 is 12.1 Å². The highest BCUT2D eigenvalue weighted by Crippen LogP contribution is 2.29. The van der Waals surface area contributed by atoms with Gasteiger partial charge in [-0.15, -0.1) is 0 Å². The van der Waals surface area contributed by atoms with E-state index in [2.05, 4.69) is 21.1 Å². The molecule has 13 heteroatoms. The number of urea groups is 2. The highest BCUT2D eigenvalue weighted by atomic mass is 16.5. The van der Waals surface area contributed by atoms with Crippen LogP contribution in [0.3, 0.4) is 0 Å². The number of aromatic nitrogens is 1. The molecule has 1 aromatic heterocycles. The predicted octanol–water partition coefficient (Wildman–Crippen LogP) is 5.89. The predicted molar refractivity (Wildman–Crippen MR) is 184 cm³/mol. The molecule has 1 aliphatic rings. The van der Waals surface area contributed by atoms with E-state index in [1.165, 1.54) is 0 Å². The molecule has 4 rings (SSSR count). The fourth-order valence-electron chi connectivity index (χ4n) is 5.49. The molecule has 0 saturated heterocycles. The molecule has 0 unspecified atom stereocenters. The fraction of sp³-hybridized carbons (Fsp3) is 0.486. The molecule has 0 fully saturated rings. The lowest BCUT2D eigenvalue weighted by Gasteiger charge is -2.35. The average Bonchev–Trinajstić information content (AvgIpc) is 3.38. The molecule has 3 aromatic rings. The number of carbonyl (C=O) groups excluding carboxylic acids is 3. The summed E-state index contributed by atoms with van der Waals surface area (Å²) in [5.41, 5.74) is 2.41. The lowest BCUT2D eigenvalue weighted by atomic mass is 10.0. The largest absolute Gasteiger partial charge is 0.490 e. The van der Waals surface area contributed by atoms with Crippen LogP contribution in [0.25, 0.3) is 0 Å². The topological polar surface area (TPSA) is 158 Å². The number of benzene rings is 2. The first kappa shape index (κ1) is 36.2. The second-order valence-electron chi connectivity index (χ2n) is 12.5. The zero-order valence-electron chi connectivity index (χ0n) is 28.6. The molecule has 2 heterocycles. The quantitative estimate of drug-likeness (QED) is 0.243. The Morgan fingerprint density at radius 3 is 2.48 bits per heavy atom. The van der Waals surface area contributed by atoms with Crippen molar-refractivity contribution in [1.29, 1.82) is 0 Å². The van der Waals surface area contributed by atoms with Gasteiger partial charge in [-0.05, 0) is 77.3 Å². The Balaban J connectivity index is 1.58. The summed E-state index contributed by atoms with van der Waals surface area (Å²) >= 11 is 0. The fourth-order valence-corrected chi connectivity index (χ4v) is 5.49. The van der Waals surface area contributed by atoms with Gasteiger partial charge in [-0.3, -0.25) is 4.79 Å². The van der Waals surface area contributed by atoms with E-state index in [0.717, 1.165) is 19.3 Å². The lowest BCUT2D eigenvalue weighted by molar-refractivity contribution is -0.0115. The number of carbonyl (C=O) groups is 3. The van der Waals surface area contributed by atoms with Gasteiger partial charge in [0.2, 0.25) is 0 Å². The van der Waals surface area contributed by atoms with Crippen LogP contribution in [0.4, 0.5) is 26.7 Å². The standard InChI is InChI=1S/C35H48N6O7/c1-22-19-41(23(2)21-42)33(43)29-18-28(37-34(44)36-27-13-8-7-9-14-27)15-16-30(29)47-24(3)12-10-11-17-46-31(22)20-40(6)35(45)38-32-25(4)39-48-26(32)5/h7-9,13-16,18,22-24,31,42H,10-12,17,19-21H2,1-6H3,(H,38,45)(H2,36,37,44)/t22-,23+,24+,31+/m1/s1. The Bertz CT molecular complexity index is 1510. The molecule has 0 bridgehead atoms. The van der Waals surface area contributed by atoms with Gasteiger partial charge in [-0.25, -0.2) is 9.59 Å². The molecule has 1 aliphatic heterocycles. The third-order valence-electron chi connectivity index (χ3n) is 8.41. The maximum Gasteiger partial charge on any atom is 0.323 e. The number of aryl methyl sites for hydroxylation is 2. The number of amides is 5. The summed E-state index contributed by atoms with van der Waals surface area (Å²) in [5, 5.41) is 22.6. The number of aliphatic hydroxyl groups excluding tert-OH is 1. The number of rotatable bonds is 7. The van der Waals surface area contributed by atoms with Crippen molar-refractivity contribution >= 4 is 35.0 Å². The summed E-state index contributed by atoms with van der Waals surface area (Å²) in [5.74, 6) is 0.307. The first-order valence-corrected chi connectivity index (χ1v) is 16.4. The van der Waals surface area contributed by atoms with Crippen LogP contribution in [0.5, 0.6) is 5.75 Å². The molecule has 13 nitrogen and oxygen atoms in total. The Hall–Kier alpha value is -4.62. The van der Waals surface area contributed by atoms with Crippen LogP contribution in [0.1, 0.15) is 61.8 Å². The number of fused-ring (bicyclic) bond motifs is 1. The molecule has 4 N–H and O–H groups in total. The summed E-state index contributed by atoms with van der Waals surface area (Å²) < 4.78 is 17.8. The van der Waals surface area contributed by atoms with Crippen molar-refractivity contribution in [2.75, 3.05) is 49.3 Å². The number of anilines is 3. The number of ether oxygens (including phenoxy) is 2. The second-order valence-corrected chi connectivity index (χ2v) is 12.5. The van der Waals surface area contributed by atoms with Gasteiger partial charge in [0, 0.05) is 44.0 Å². The highest BCUT2D eigenvalue weighted by molar-refractivity contribution is 6.02. The Morgan fingerprint density at radius 1 is 1.06 bits per heavy atom. The number of nitrogens with zero attached hydrogens (tertiary/aromatic N) is 3. The van der Waals surface area contributed by atoms with Gasteiger partial charge in [0.15, 0.2) is 5.76 Å². The lowest BCUT2D eigenvalue weighted by Crippen LogP contribution is -2.48. The Morgan fingerprint density at radius 2 is 1.79 bits per heavy atom. The van der Waals surface area contributed by atoms with Crippen molar-refractivity contribution in [1.82, 2.24) is 15.0 Å². The van der Waals surface area contributed by atoms with E-state index in [0.29, 0.717) is 40.9 Å². The third kappa shape index (κ3) is 9.71. The number of likely N-dealkylation sites (N-methyl/N-ethyl adjacent to an activating group) is 1. The third-order valence-corrected chi connectivity index (χ3v) is 8.41. The number of para-hydroxylation sites is 1. The van der Waals surface area contributed by atoms with Gasteiger partial charge in [0.1, 0.15) is 17.1 Å². The molecular formula is C35H48N6O7. The average molecular weight is 665 g/mol. The Labute approximate surface area is 281 Å². The van der Waals surface area contributed by atoms with Crippen LogP contribution in [0, 0.1) is 19.8 Å². The minimum absolute atomic E-state index is 0.197. The van der Waals surface area contributed by atoms with E-state index in [-0.39, 0.29) is 49.2 Å². The smallest absolute Gasteiger partial charge is 0.323 e. The van der Waals surface area contributed by atoms with E-state index in [1.54, 1.807) is 68.0 Å². The van der Waals surface area contributed by atoms with Crippen molar-refractivity contribution in [2.45, 2.75) is 72.1 Å². The van der Waals surface area contributed by atoms with Crippen molar-refractivity contribution in [3.8, 4) is 5.75 Å². The molecule has 0 spiro atoms. The highest BCUT2D eigenvalue weighted by Gasteiger charge is 2.31. The van der Waals surface area contributed by atoms with E-state index < -0.39 is 18.2 Å². The summed E-state index contributed by atoms with van der Waals surface area (Å²) in [6.45, 7) is 9.86. The summed E-state index contributed by atoms with van der Waals surface area (Å²) in [7, 11) is 1.69.